The van der Waals surface area contributed by atoms with Gasteiger partial charge in [-0.3, -0.25) is 0 Å². The van der Waals surface area contributed by atoms with Gasteiger partial charge in [0, 0.05) is 5.56 Å². The van der Waals surface area contributed by atoms with Gasteiger partial charge < -0.3 is 5.73 Å². The van der Waals surface area contributed by atoms with E-state index in [-0.39, 0.29) is 0 Å². The van der Waals surface area contributed by atoms with E-state index in [0.717, 1.165) is 22.8 Å². The van der Waals surface area contributed by atoms with E-state index >= 15 is 0 Å². The average molecular weight is 240 g/mol. The van der Waals surface area contributed by atoms with Crippen molar-refractivity contribution in [3.8, 4) is 11.8 Å². The van der Waals surface area contributed by atoms with Gasteiger partial charge in [0.2, 0.25) is 0 Å². The van der Waals surface area contributed by atoms with Crippen LogP contribution in [0.2, 0.25) is 0 Å². The fourth-order valence-corrected chi connectivity index (χ4v) is 1.78. The standard InChI is InChI=1S/C14H16N4/c1-11-16-12(2)18(17-11)10-14-6-3-5-13(9-14)7-4-8-15/h3,5-6,9H,8,10,15H2,1-2H3. The Hall–Kier alpha value is -2.12. The molecule has 0 fully saturated rings. The van der Waals surface area contributed by atoms with Gasteiger partial charge in [0.05, 0.1) is 13.1 Å². The molecule has 2 aromatic rings. The molecule has 18 heavy (non-hydrogen) atoms. The third-order valence-electron chi connectivity index (χ3n) is 2.56. The Balaban J connectivity index is 2.21. The summed E-state index contributed by atoms with van der Waals surface area (Å²) in [7, 11) is 0. The molecule has 0 saturated carbocycles. The summed E-state index contributed by atoms with van der Waals surface area (Å²) < 4.78 is 1.89. The zero-order valence-electron chi connectivity index (χ0n) is 10.6. The smallest absolute Gasteiger partial charge is 0.147 e. The van der Waals surface area contributed by atoms with Gasteiger partial charge in [-0.1, -0.05) is 24.0 Å². The largest absolute Gasteiger partial charge is 0.320 e. The summed E-state index contributed by atoms with van der Waals surface area (Å²) in [4.78, 5) is 4.29. The van der Waals surface area contributed by atoms with Crippen LogP contribution in [0.15, 0.2) is 24.3 Å². The van der Waals surface area contributed by atoms with Crippen LogP contribution < -0.4 is 5.73 Å². The molecule has 0 aliphatic carbocycles. The van der Waals surface area contributed by atoms with Gasteiger partial charge in [0.25, 0.3) is 0 Å². The minimum absolute atomic E-state index is 0.381. The van der Waals surface area contributed by atoms with Crippen LogP contribution in [0.5, 0.6) is 0 Å². The van der Waals surface area contributed by atoms with Crippen LogP contribution in [-0.2, 0) is 6.54 Å². The van der Waals surface area contributed by atoms with Crippen LogP contribution in [0.25, 0.3) is 0 Å². The van der Waals surface area contributed by atoms with Crippen molar-refractivity contribution in [1.29, 1.82) is 0 Å². The third-order valence-corrected chi connectivity index (χ3v) is 2.56. The Morgan fingerprint density at radius 1 is 1.33 bits per heavy atom. The molecule has 0 atom stereocenters. The van der Waals surface area contributed by atoms with Crippen molar-refractivity contribution in [2.45, 2.75) is 20.4 Å². The zero-order chi connectivity index (χ0) is 13.0. The quantitative estimate of drug-likeness (QED) is 0.804. The summed E-state index contributed by atoms with van der Waals surface area (Å²) in [6.45, 7) is 4.95. The molecule has 0 unspecified atom stereocenters. The predicted molar refractivity (Wildman–Crippen MR) is 71.0 cm³/mol. The van der Waals surface area contributed by atoms with Crippen molar-refractivity contribution in [3.63, 3.8) is 0 Å². The van der Waals surface area contributed by atoms with Gasteiger partial charge in [0.1, 0.15) is 11.6 Å². The molecule has 2 rings (SSSR count). The van der Waals surface area contributed by atoms with Crippen molar-refractivity contribution < 1.29 is 0 Å². The second-order valence-electron chi connectivity index (χ2n) is 4.07. The molecule has 0 spiro atoms. The SMILES string of the molecule is Cc1nc(C)n(Cc2cccc(C#CCN)c2)n1. The Morgan fingerprint density at radius 3 is 2.83 bits per heavy atom. The molecule has 0 aliphatic heterocycles. The molecule has 4 heteroatoms. The lowest BCUT2D eigenvalue weighted by atomic mass is 10.1. The Kier molecular flexibility index (Phi) is 3.75. The second-order valence-corrected chi connectivity index (χ2v) is 4.07. The summed E-state index contributed by atoms with van der Waals surface area (Å²) in [6.07, 6.45) is 0. The average Bonchev–Trinajstić information content (AvgIpc) is 2.66. The second kappa shape index (κ2) is 5.48. The van der Waals surface area contributed by atoms with E-state index in [1.54, 1.807) is 0 Å². The highest BCUT2D eigenvalue weighted by atomic mass is 15.3. The van der Waals surface area contributed by atoms with E-state index in [1.165, 1.54) is 0 Å². The third kappa shape index (κ3) is 2.96. The maximum absolute atomic E-state index is 5.36. The monoisotopic (exact) mass is 240 g/mol. The Morgan fingerprint density at radius 2 is 2.17 bits per heavy atom. The van der Waals surface area contributed by atoms with Crippen molar-refractivity contribution >= 4 is 0 Å². The summed E-state index contributed by atoms with van der Waals surface area (Å²) in [5.74, 6) is 7.60. The molecule has 2 N–H and O–H groups in total. The molecule has 0 aliphatic rings. The number of nitrogens with two attached hydrogens (primary N) is 1. The molecule has 0 saturated heterocycles. The summed E-state index contributed by atoms with van der Waals surface area (Å²) >= 11 is 0. The number of hydrogen-bond donors (Lipinski definition) is 1. The maximum Gasteiger partial charge on any atom is 0.147 e. The molecule has 92 valence electrons. The van der Waals surface area contributed by atoms with Gasteiger partial charge in [-0.15, -0.1) is 0 Å². The molecule has 0 radical (unpaired) electrons. The lowest BCUT2D eigenvalue weighted by molar-refractivity contribution is 0.656. The highest BCUT2D eigenvalue weighted by molar-refractivity contribution is 5.37. The van der Waals surface area contributed by atoms with E-state index < -0.39 is 0 Å². The van der Waals surface area contributed by atoms with E-state index in [4.69, 9.17) is 5.73 Å². The number of nitrogens with zero attached hydrogens (tertiary/aromatic N) is 3. The maximum atomic E-state index is 5.36. The minimum Gasteiger partial charge on any atom is -0.320 e. The summed E-state index contributed by atoms with van der Waals surface area (Å²) in [5.41, 5.74) is 7.50. The zero-order valence-corrected chi connectivity index (χ0v) is 10.6. The number of benzene rings is 1. The van der Waals surface area contributed by atoms with Gasteiger partial charge in [0.15, 0.2) is 0 Å². The van der Waals surface area contributed by atoms with Crippen LogP contribution in [0.1, 0.15) is 22.8 Å². The first-order valence-corrected chi connectivity index (χ1v) is 5.85. The van der Waals surface area contributed by atoms with Crippen molar-refractivity contribution in [2.75, 3.05) is 6.54 Å². The van der Waals surface area contributed by atoms with E-state index in [0.29, 0.717) is 13.1 Å². The number of aryl methyl sites for hydroxylation is 2. The number of hydrogen-bond acceptors (Lipinski definition) is 3. The lowest BCUT2D eigenvalue weighted by Gasteiger charge is -2.03. The summed E-state index contributed by atoms with van der Waals surface area (Å²) in [6, 6.07) is 8.09. The van der Waals surface area contributed by atoms with E-state index in [2.05, 4.69) is 34.1 Å². The van der Waals surface area contributed by atoms with Crippen LogP contribution >= 0.6 is 0 Å². The molecule has 1 aromatic heterocycles. The van der Waals surface area contributed by atoms with Crippen molar-refractivity contribution in [2.24, 2.45) is 5.73 Å². The first kappa shape index (κ1) is 12.3. The van der Waals surface area contributed by atoms with Crippen LogP contribution in [-0.4, -0.2) is 21.3 Å². The van der Waals surface area contributed by atoms with Gasteiger partial charge >= 0.3 is 0 Å². The molecular formula is C14H16N4. The Bertz CT molecular complexity index is 602. The van der Waals surface area contributed by atoms with Crippen LogP contribution in [0.3, 0.4) is 0 Å². The fourth-order valence-electron chi connectivity index (χ4n) is 1.78. The van der Waals surface area contributed by atoms with Crippen molar-refractivity contribution in [3.05, 3.63) is 47.0 Å². The molecular weight excluding hydrogens is 224 g/mol. The van der Waals surface area contributed by atoms with E-state index in [1.807, 2.05) is 30.7 Å². The van der Waals surface area contributed by atoms with Gasteiger partial charge in [-0.25, -0.2) is 9.67 Å². The van der Waals surface area contributed by atoms with Crippen LogP contribution in [0, 0.1) is 25.7 Å². The number of aromatic nitrogens is 3. The van der Waals surface area contributed by atoms with Gasteiger partial charge in [-0.2, -0.15) is 5.10 Å². The molecule has 1 aromatic carbocycles. The highest BCUT2D eigenvalue weighted by Crippen LogP contribution is 2.07. The number of rotatable bonds is 2. The Labute approximate surface area is 107 Å². The van der Waals surface area contributed by atoms with Crippen molar-refractivity contribution in [1.82, 2.24) is 14.8 Å². The van der Waals surface area contributed by atoms with E-state index in [9.17, 15) is 0 Å². The normalized spacial score (nSPS) is 9.94. The minimum atomic E-state index is 0.381. The highest BCUT2D eigenvalue weighted by Gasteiger charge is 2.03. The van der Waals surface area contributed by atoms with Gasteiger partial charge in [-0.05, 0) is 31.5 Å². The fraction of sp³-hybridized carbons (Fsp3) is 0.286. The summed E-state index contributed by atoms with van der Waals surface area (Å²) in [5, 5.41) is 4.35. The molecule has 4 nitrogen and oxygen atoms in total. The molecule has 1 heterocycles. The van der Waals surface area contributed by atoms with Crippen LogP contribution in [0.4, 0.5) is 0 Å². The lowest BCUT2D eigenvalue weighted by Crippen LogP contribution is -2.04. The predicted octanol–water partition coefficient (Wildman–Crippen LogP) is 1.25. The first-order valence-electron chi connectivity index (χ1n) is 5.85. The first-order chi connectivity index (χ1) is 8.69. The molecule has 0 amide bonds. The topological polar surface area (TPSA) is 56.7 Å². The molecule has 0 bridgehead atoms.